The Balaban J connectivity index is 1.58. The molecule has 0 aromatic carbocycles. The van der Waals surface area contributed by atoms with Crippen molar-refractivity contribution in [3.8, 4) is 5.82 Å². The molecule has 1 atom stereocenters. The van der Waals surface area contributed by atoms with Crippen LogP contribution in [0, 0.1) is 0 Å². The van der Waals surface area contributed by atoms with Gasteiger partial charge in [-0.25, -0.2) is 14.4 Å². The maximum absolute atomic E-state index is 13.6. The molecule has 7 nitrogen and oxygen atoms in total. The van der Waals surface area contributed by atoms with Crippen LogP contribution in [0.15, 0.2) is 55.2 Å². The molecule has 3 aromatic rings. The standard InChI is InChI=1S/C20H19FN6O/c21-6-12-27-16-3-1-7-24-18(16)26-10-2-4-17(26)20(27)5-11-25(14-20)19(28)15-13-22-8-9-23-15/h1-4,7-10,13H,5-6,11-12,14H2/t20-/m0/s1. The Labute approximate surface area is 161 Å². The zero-order valence-corrected chi connectivity index (χ0v) is 15.2. The maximum atomic E-state index is 13.6. The van der Waals surface area contributed by atoms with Crippen molar-refractivity contribution in [2.24, 2.45) is 0 Å². The molecule has 5 heterocycles. The van der Waals surface area contributed by atoms with Gasteiger partial charge in [0.05, 0.1) is 17.6 Å². The predicted molar refractivity (Wildman–Crippen MR) is 101 cm³/mol. The number of amides is 1. The van der Waals surface area contributed by atoms with E-state index in [4.69, 9.17) is 0 Å². The largest absolute Gasteiger partial charge is 0.353 e. The second kappa shape index (κ2) is 6.40. The summed E-state index contributed by atoms with van der Waals surface area (Å²) >= 11 is 0. The minimum atomic E-state index is -0.497. The van der Waals surface area contributed by atoms with Crippen LogP contribution in [0.2, 0.25) is 0 Å². The summed E-state index contributed by atoms with van der Waals surface area (Å²) in [4.78, 5) is 29.5. The number of carbonyl (C=O) groups is 1. The number of rotatable bonds is 3. The van der Waals surface area contributed by atoms with Crippen molar-refractivity contribution >= 4 is 11.6 Å². The molecule has 0 aliphatic carbocycles. The highest BCUT2D eigenvalue weighted by Crippen LogP contribution is 2.46. The van der Waals surface area contributed by atoms with Gasteiger partial charge in [-0.05, 0) is 30.7 Å². The molecule has 0 saturated carbocycles. The summed E-state index contributed by atoms with van der Waals surface area (Å²) in [6, 6.07) is 7.85. The van der Waals surface area contributed by atoms with Crippen molar-refractivity contribution in [1.82, 2.24) is 24.4 Å². The van der Waals surface area contributed by atoms with Crippen LogP contribution in [-0.4, -0.2) is 56.6 Å². The van der Waals surface area contributed by atoms with E-state index in [-0.39, 0.29) is 12.5 Å². The summed E-state index contributed by atoms with van der Waals surface area (Å²) < 4.78 is 15.6. The van der Waals surface area contributed by atoms with E-state index in [1.807, 2.05) is 30.5 Å². The number of halogens is 1. The minimum Gasteiger partial charge on any atom is -0.353 e. The zero-order valence-electron chi connectivity index (χ0n) is 15.2. The van der Waals surface area contributed by atoms with Crippen LogP contribution in [0.4, 0.5) is 10.1 Å². The van der Waals surface area contributed by atoms with E-state index in [1.165, 1.54) is 12.4 Å². The second-order valence-corrected chi connectivity index (χ2v) is 7.05. The van der Waals surface area contributed by atoms with Crippen LogP contribution in [0.3, 0.4) is 0 Å². The van der Waals surface area contributed by atoms with Gasteiger partial charge in [0, 0.05) is 44.4 Å². The number of aromatic nitrogens is 4. The van der Waals surface area contributed by atoms with Crippen LogP contribution in [0.25, 0.3) is 5.82 Å². The smallest absolute Gasteiger partial charge is 0.274 e. The Bertz CT molecular complexity index is 1020. The number of carbonyl (C=O) groups excluding carboxylic acids is 1. The van der Waals surface area contributed by atoms with Gasteiger partial charge in [-0.3, -0.25) is 9.78 Å². The fourth-order valence-electron chi connectivity index (χ4n) is 4.49. The summed E-state index contributed by atoms with van der Waals surface area (Å²) in [5.41, 5.74) is 1.74. The number of likely N-dealkylation sites (tertiary alicyclic amines) is 1. The first-order valence-electron chi connectivity index (χ1n) is 9.27. The minimum absolute atomic E-state index is 0.153. The van der Waals surface area contributed by atoms with Crippen LogP contribution < -0.4 is 4.90 Å². The first-order chi connectivity index (χ1) is 13.7. The van der Waals surface area contributed by atoms with E-state index >= 15 is 0 Å². The maximum Gasteiger partial charge on any atom is 0.274 e. The first kappa shape index (κ1) is 16.9. The predicted octanol–water partition coefficient (Wildman–Crippen LogP) is 2.19. The number of nitrogens with zero attached hydrogens (tertiary/aromatic N) is 6. The molecule has 5 rings (SSSR count). The van der Waals surface area contributed by atoms with Crippen molar-refractivity contribution in [3.63, 3.8) is 0 Å². The molecule has 28 heavy (non-hydrogen) atoms. The third-order valence-corrected chi connectivity index (χ3v) is 5.65. The van der Waals surface area contributed by atoms with Crippen molar-refractivity contribution in [1.29, 1.82) is 0 Å². The van der Waals surface area contributed by atoms with Gasteiger partial charge in [0.15, 0.2) is 5.82 Å². The SMILES string of the molecule is O=C(c1cnccn1)N1CC[C@]2(C1)c1cccn1-c1ncccc1N2CCF. The van der Waals surface area contributed by atoms with Crippen molar-refractivity contribution in [2.45, 2.75) is 12.0 Å². The van der Waals surface area contributed by atoms with Gasteiger partial charge in [-0.15, -0.1) is 0 Å². The van der Waals surface area contributed by atoms with Crippen LogP contribution in [0.5, 0.6) is 0 Å². The molecule has 3 aromatic heterocycles. The van der Waals surface area contributed by atoms with Gasteiger partial charge in [-0.2, -0.15) is 0 Å². The van der Waals surface area contributed by atoms with Gasteiger partial charge in [0.25, 0.3) is 5.91 Å². The molecule has 1 saturated heterocycles. The summed E-state index contributed by atoms with van der Waals surface area (Å²) in [6.45, 7) is 0.797. The average Bonchev–Trinajstić information content (AvgIpc) is 3.40. The van der Waals surface area contributed by atoms with E-state index in [1.54, 1.807) is 17.3 Å². The highest BCUT2D eigenvalue weighted by atomic mass is 19.1. The van der Waals surface area contributed by atoms with Gasteiger partial charge >= 0.3 is 0 Å². The monoisotopic (exact) mass is 378 g/mol. The van der Waals surface area contributed by atoms with Crippen molar-refractivity contribution < 1.29 is 9.18 Å². The molecule has 0 unspecified atom stereocenters. The van der Waals surface area contributed by atoms with Crippen molar-refractivity contribution in [3.05, 3.63) is 66.6 Å². The Morgan fingerprint density at radius 3 is 2.93 bits per heavy atom. The number of anilines is 1. The third-order valence-electron chi connectivity index (χ3n) is 5.65. The van der Waals surface area contributed by atoms with E-state index in [0.717, 1.165) is 17.2 Å². The normalized spacial score (nSPS) is 20.3. The molecule has 8 heteroatoms. The van der Waals surface area contributed by atoms with Crippen LogP contribution >= 0.6 is 0 Å². The molecule has 1 fully saturated rings. The number of alkyl halides is 1. The van der Waals surface area contributed by atoms with Gasteiger partial charge in [0.1, 0.15) is 17.9 Å². The second-order valence-electron chi connectivity index (χ2n) is 7.05. The summed E-state index contributed by atoms with van der Waals surface area (Å²) in [6.07, 6.45) is 8.97. The van der Waals surface area contributed by atoms with E-state index in [9.17, 15) is 9.18 Å². The van der Waals surface area contributed by atoms with Gasteiger partial charge in [0.2, 0.25) is 0 Å². The molecule has 0 bridgehead atoms. The zero-order chi connectivity index (χ0) is 19.1. The van der Waals surface area contributed by atoms with E-state index in [0.29, 0.717) is 25.2 Å². The van der Waals surface area contributed by atoms with Crippen molar-refractivity contribution in [2.75, 3.05) is 31.2 Å². The quantitative estimate of drug-likeness (QED) is 0.699. The van der Waals surface area contributed by atoms with E-state index < -0.39 is 12.2 Å². The molecule has 1 amide bonds. The molecule has 2 aliphatic rings. The van der Waals surface area contributed by atoms with Crippen LogP contribution in [0.1, 0.15) is 22.6 Å². The molecular weight excluding hydrogens is 359 g/mol. The highest BCUT2D eigenvalue weighted by molar-refractivity contribution is 5.92. The lowest BCUT2D eigenvalue weighted by atomic mass is 9.89. The average molecular weight is 378 g/mol. The number of hydrogen-bond donors (Lipinski definition) is 0. The molecule has 142 valence electrons. The molecule has 0 radical (unpaired) electrons. The number of pyridine rings is 1. The summed E-state index contributed by atoms with van der Waals surface area (Å²) in [5.74, 6) is 0.639. The Kier molecular flexibility index (Phi) is 3.85. The molecular formula is C20H19FN6O. The number of fused-ring (bicyclic) bond motifs is 4. The third kappa shape index (κ3) is 2.33. The fourth-order valence-corrected chi connectivity index (χ4v) is 4.49. The number of hydrogen-bond acceptors (Lipinski definition) is 5. The first-order valence-corrected chi connectivity index (χ1v) is 9.27. The Morgan fingerprint density at radius 1 is 1.18 bits per heavy atom. The fraction of sp³-hybridized carbons (Fsp3) is 0.300. The van der Waals surface area contributed by atoms with Gasteiger partial charge < -0.3 is 14.4 Å². The highest BCUT2D eigenvalue weighted by Gasteiger charge is 2.50. The van der Waals surface area contributed by atoms with E-state index in [2.05, 4.69) is 24.4 Å². The molecule has 0 N–H and O–H groups in total. The Hall–Kier alpha value is -3.29. The lowest BCUT2D eigenvalue weighted by Gasteiger charge is -2.46. The summed E-state index contributed by atoms with van der Waals surface area (Å²) in [7, 11) is 0. The lowest BCUT2D eigenvalue weighted by molar-refractivity contribution is 0.0775. The summed E-state index contributed by atoms with van der Waals surface area (Å²) in [5, 5.41) is 0. The topological polar surface area (TPSA) is 67.2 Å². The van der Waals surface area contributed by atoms with Gasteiger partial charge in [-0.1, -0.05) is 0 Å². The van der Waals surface area contributed by atoms with Crippen LogP contribution in [-0.2, 0) is 5.54 Å². The lowest BCUT2D eigenvalue weighted by Crippen LogP contribution is -2.53. The molecule has 2 aliphatic heterocycles. The molecule has 1 spiro atoms. The Morgan fingerprint density at radius 2 is 2.11 bits per heavy atom.